The van der Waals surface area contributed by atoms with Crippen LogP contribution in [0.4, 0.5) is 0 Å². The van der Waals surface area contributed by atoms with E-state index in [1.54, 1.807) is 11.7 Å². The quantitative estimate of drug-likeness (QED) is 0.425. The average molecular weight is 490 g/mol. The zero-order valence-corrected chi connectivity index (χ0v) is 19.9. The summed E-state index contributed by atoms with van der Waals surface area (Å²) < 4.78 is 32.7. The minimum Gasteiger partial charge on any atom is -0.383 e. The molecule has 0 aliphatic carbocycles. The molecule has 1 aliphatic rings. The first kappa shape index (κ1) is 23.9. The Morgan fingerprint density at radius 2 is 1.94 bits per heavy atom. The summed E-state index contributed by atoms with van der Waals surface area (Å²) in [6.45, 7) is 0.355. The Labute approximate surface area is 196 Å². The lowest BCUT2D eigenvalue weighted by molar-refractivity contribution is -0.132. The summed E-state index contributed by atoms with van der Waals surface area (Å²) >= 11 is 0. The number of methoxy groups -OCH3 is 1. The van der Waals surface area contributed by atoms with Gasteiger partial charge in [0.05, 0.1) is 31.0 Å². The highest BCUT2D eigenvalue weighted by molar-refractivity contribution is 7.91. The van der Waals surface area contributed by atoms with Crippen LogP contribution in [-0.2, 0) is 39.0 Å². The van der Waals surface area contributed by atoms with Crippen LogP contribution in [0.15, 0.2) is 46.2 Å². The lowest BCUT2D eigenvalue weighted by atomic mass is 10.2. The molecule has 0 N–H and O–H groups in total. The highest BCUT2D eigenvalue weighted by atomic mass is 32.2. The molecule has 0 saturated carbocycles. The molecule has 1 atom stereocenters. The summed E-state index contributed by atoms with van der Waals surface area (Å²) in [5.41, 5.74) is -0.0135. The Bertz CT molecular complexity index is 1420. The molecule has 34 heavy (non-hydrogen) atoms. The van der Waals surface area contributed by atoms with E-state index in [9.17, 15) is 22.8 Å². The first-order valence-electron chi connectivity index (χ1n) is 10.9. The predicted octanol–water partition coefficient (Wildman–Crippen LogP) is -0.300. The molecular weight excluding hydrogens is 462 g/mol. The molecule has 1 aromatic carbocycles. The minimum atomic E-state index is -3.19. The molecule has 12 heteroatoms. The van der Waals surface area contributed by atoms with Crippen LogP contribution in [0.3, 0.4) is 0 Å². The SMILES string of the molecule is COCCn1cnc2c1c(=O)n(CC(=O)N(C)C1CCS(=O)(=O)C1)c(=O)n2Cc1ccccc1. The monoisotopic (exact) mass is 489 g/mol. The van der Waals surface area contributed by atoms with Crippen LogP contribution in [0.1, 0.15) is 12.0 Å². The first-order chi connectivity index (χ1) is 16.2. The Morgan fingerprint density at radius 1 is 1.21 bits per heavy atom. The molecule has 0 spiro atoms. The second-order valence-electron chi connectivity index (χ2n) is 8.41. The number of benzene rings is 1. The number of aromatic nitrogens is 4. The molecule has 3 aromatic rings. The standard InChI is InChI=1S/C22H27N5O6S/c1-24(17-8-11-34(31,32)14-17)18(28)13-27-21(29)19-20(23-15-25(19)9-10-33-2)26(22(27)30)12-16-6-4-3-5-7-16/h3-7,15,17H,8-14H2,1-2H3. The second-order valence-corrected chi connectivity index (χ2v) is 10.6. The van der Waals surface area contributed by atoms with Crippen molar-refractivity contribution in [2.24, 2.45) is 0 Å². The van der Waals surface area contributed by atoms with Gasteiger partial charge in [-0.2, -0.15) is 0 Å². The third-order valence-corrected chi connectivity index (χ3v) is 7.90. The van der Waals surface area contributed by atoms with E-state index < -0.39 is 39.6 Å². The van der Waals surface area contributed by atoms with Gasteiger partial charge in [0.15, 0.2) is 21.0 Å². The van der Waals surface area contributed by atoms with Gasteiger partial charge >= 0.3 is 5.69 Å². The molecule has 4 rings (SSSR count). The van der Waals surface area contributed by atoms with Crippen molar-refractivity contribution in [1.82, 2.24) is 23.6 Å². The molecule has 1 saturated heterocycles. The fourth-order valence-electron chi connectivity index (χ4n) is 4.18. The number of rotatable bonds is 8. The Balaban J connectivity index is 1.76. The summed E-state index contributed by atoms with van der Waals surface area (Å²) in [6.07, 6.45) is 1.81. The number of likely N-dealkylation sites (N-methyl/N-ethyl adjacent to an activating group) is 1. The van der Waals surface area contributed by atoms with Gasteiger partial charge in [-0.05, 0) is 12.0 Å². The maximum absolute atomic E-state index is 13.4. The summed E-state index contributed by atoms with van der Waals surface area (Å²) in [4.78, 5) is 45.4. The molecular formula is C22H27N5O6S. The molecule has 0 bridgehead atoms. The summed E-state index contributed by atoms with van der Waals surface area (Å²) in [7, 11) is -0.147. The number of carbonyl (C=O) groups is 1. The molecule has 2 aromatic heterocycles. The Morgan fingerprint density at radius 3 is 2.59 bits per heavy atom. The first-order valence-corrected chi connectivity index (χ1v) is 12.7. The summed E-state index contributed by atoms with van der Waals surface area (Å²) in [6, 6.07) is 8.79. The largest absolute Gasteiger partial charge is 0.383 e. The van der Waals surface area contributed by atoms with Crippen LogP contribution in [0.5, 0.6) is 0 Å². The van der Waals surface area contributed by atoms with Crippen LogP contribution >= 0.6 is 0 Å². The molecule has 1 aliphatic heterocycles. The van der Waals surface area contributed by atoms with Crippen LogP contribution in [0.25, 0.3) is 11.2 Å². The number of fused-ring (bicyclic) bond motifs is 1. The molecule has 182 valence electrons. The van der Waals surface area contributed by atoms with Crippen molar-refractivity contribution in [1.29, 1.82) is 0 Å². The third-order valence-electron chi connectivity index (χ3n) is 6.15. The number of nitrogens with zero attached hydrogens (tertiary/aromatic N) is 5. The molecule has 3 heterocycles. The van der Waals surface area contributed by atoms with Gasteiger partial charge < -0.3 is 14.2 Å². The summed E-state index contributed by atoms with van der Waals surface area (Å²) in [5.74, 6) is -0.607. The van der Waals surface area contributed by atoms with Gasteiger partial charge in [0.25, 0.3) is 5.56 Å². The van der Waals surface area contributed by atoms with Crippen molar-refractivity contribution in [3.8, 4) is 0 Å². The van der Waals surface area contributed by atoms with E-state index in [2.05, 4.69) is 4.98 Å². The van der Waals surface area contributed by atoms with E-state index in [4.69, 9.17) is 4.74 Å². The van der Waals surface area contributed by atoms with E-state index in [1.165, 1.54) is 22.8 Å². The number of amides is 1. The number of ether oxygens (including phenoxy) is 1. The fourth-order valence-corrected chi connectivity index (χ4v) is 5.95. The van der Waals surface area contributed by atoms with Gasteiger partial charge in [0.1, 0.15) is 6.54 Å². The minimum absolute atomic E-state index is 0.0176. The lowest BCUT2D eigenvalue weighted by Gasteiger charge is -2.23. The normalized spacial score (nSPS) is 17.3. The van der Waals surface area contributed by atoms with Crippen LogP contribution in [-0.4, -0.2) is 76.2 Å². The third kappa shape index (κ3) is 4.68. The average Bonchev–Trinajstić information content (AvgIpc) is 3.41. The Hall–Kier alpha value is -3.25. The number of imidazole rings is 1. The molecule has 1 amide bonds. The highest BCUT2D eigenvalue weighted by Crippen LogP contribution is 2.17. The van der Waals surface area contributed by atoms with Crippen molar-refractivity contribution in [3.63, 3.8) is 0 Å². The zero-order chi connectivity index (χ0) is 24.5. The van der Waals surface area contributed by atoms with Crippen molar-refractivity contribution >= 4 is 26.9 Å². The van der Waals surface area contributed by atoms with Gasteiger partial charge in [-0.25, -0.2) is 22.8 Å². The predicted molar refractivity (Wildman–Crippen MR) is 126 cm³/mol. The smallest absolute Gasteiger partial charge is 0.333 e. The van der Waals surface area contributed by atoms with Crippen molar-refractivity contribution in [3.05, 3.63) is 63.1 Å². The second kappa shape index (κ2) is 9.55. The van der Waals surface area contributed by atoms with Gasteiger partial charge in [-0.15, -0.1) is 0 Å². The maximum atomic E-state index is 13.4. The fraction of sp³-hybridized carbons (Fsp3) is 0.455. The van der Waals surface area contributed by atoms with Crippen LogP contribution in [0, 0.1) is 0 Å². The van der Waals surface area contributed by atoms with Gasteiger partial charge in [0, 0.05) is 26.7 Å². The maximum Gasteiger partial charge on any atom is 0.333 e. The molecule has 0 radical (unpaired) electrons. The molecule has 11 nitrogen and oxygen atoms in total. The van der Waals surface area contributed by atoms with E-state index in [1.807, 2.05) is 30.3 Å². The van der Waals surface area contributed by atoms with E-state index in [0.29, 0.717) is 19.6 Å². The molecule has 1 unspecified atom stereocenters. The molecule has 1 fully saturated rings. The topological polar surface area (TPSA) is 126 Å². The van der Waals surface area contributed by atoms with Crippen LogP contribution in [0.2, 0.25) is 0 Å². The van der Waals surface area contributed by atoms with Gasteiger partial charge in [0.2, 0.25) is 5.91 Å². The zero-order valence-electron chi connectivity index (χ0n) is 19.1. The number of sulfone groups is 1. The van der Waals surface area contributed by atoms with Crippen molar-refractivity contribution in [2.75, 3.05) is 32.3 Å². The van der Waals surface area contributed by atoms with Crippen LogP contribution < -0.4 is 11.2 Å². The van der Waals surface area contributed by atoms with Gasteiger partial charge in [-0.3, -0.25) is 14.2 Å². The lowest BCUT2D eigenvalue weighted by Crippen LogP contribution is -2.47. The number of carbonyl (C=O) groups excluding carboxylic acids is 1. The van der Waals surface area contributed by atoms with Crippen molar-refractivity contribution < 1.29 is 17.9 Å². The van der Waals surface area contributed by atoms with Crippen molar-refractivity contribution in [2.45, 2.75) is 32.1 Å². The number of hydrogen-bond acceptors (Lipinski definition) is 7. The van der Waals surface area contributed by atoms with E-state index in [-0.39, 0.29) is 29.2 Å². The van der Waals surface area contributed by atoms with E-state index >= 15 is 0 Å². The van der Waals surface area contributed by atoms with E-state index in [0.717, 1.165) is 10.1 Å². The number of hydrogen-bond donors (Lipinski definition) is 0. The van der Waals surface area contributed by atoms with Gasteiger partial charge in [-0.1, -0.05) is 30.3 Å². The summed E-state index contributed by atoms with van der Waals surface area (Å²) in [5, 5.41) is 0. The Kier molecular flexibility index (Phi) is 6.71. The highest BCUT2D eigenvalue weighted by Gasteiger charge is 2.33.